The number of fused-ring (bicyclic) bond motifs is 1. The van der Waals surface area contributed by atoms with Crippen LogP contribution in [0.4, 0.5) is 13.2 Å². The first-order valence-electron chi connectivity index (χ1n) is 11.0. The second-order valence-electron chi connectivity index (χ2n) is 8.30. The van der Waals surface area contributed by atoms with Gasteiger partial charge >= 0.3 is 6.18 Å². The Hall–Kier alpha value is -3.70. The molecule has 1 atom stereocenters. The lowest BCUT2D eigenvalue weighted by molar-refractivity contribution is -0.137. The number of H-pyrrole nitrogens is 1. The standard InChI is InChI=1S/C25H21F3N4O3S/c1-2-36(33,34)32-12-9-18(32)15-35-21-14-29-11-8-19(21)23-22(24-20(31-23)7-4-10-30-24)16-5-3-6-17(13-16)25(26,27)28/h2-8,10-11,13-14,18,31H,1,9,12,15H2/t18-/m0/s1. The van der Waals surface area contributed by atoms with Gasteiger partial charge in [-0.1, -0.05) is 18.7 Å². The molecule has 0 amide bonds. The summed E-state index contributed by atoms with van der Waals surface area (Å²) < 4.78 is 72.0. The van der Waals surface area contributed by atoms with Gasteiger partial charge in [-0.05, 0) is 42.3 Å². The van der Waals surface area contributed by atoms with Gasteiger partial charge in [0, 0.05) is 35.5 Å². The van der Waals surface area contributed by atoms with E-state index in [1.807, 2.05) is 0 Å². The van der Waals surface area contributed by atoms with E-state index in [2.05, 4.69) is 21.5 Å². The maximum atomic E-state index is 13.5. The number of aromatic nitrogens is 3. The smallest absolute Gasteiger partial charge is 0.416 e. The van der Waals surface area contributed by atoms with Crippen LogP contribution in [0.25, 0.3) is 33.4 Å². The second kappa shape index (κ2) is 9.07. The van der Waals surface area contributed by atoms with E-state index >= 15 is 0 Å². The summed E-state index contributed by atoms with van der Waals surface area (Å²) in [5, 5.41) is 0.910. The van der Waals surface area contributed by atoms with Gasteiger partial charge in [0.2, 0.25) is 10.0 Å². The van der Waals surface area contributed by atoms with Crippen LogP contribution in [0, 0.1) is 0 Å². The lowest BCUT2D eigenvalue weighted by atomic mass is 9.98. The Bertz CT molecular complexity index is 1550. The van der Waals surface area contributed by atoms with Gasteiger partial charge in [0.1, 0.15) is 12.4 Å². The van der Waals surface area contributed by atoms with E-state index in [0.29, 0.717) is 52.1 Å². The number of sulfonamides is 1. The van der Waals surface area contributed by atoms with Crippen molar-refractivity contribution >= 4 is 21.1 Å². The van der Waals surface area contributed by atoms with Crippen LogP contribution in [-0.4, -0.2) is 46.9 Å². The molecule has 1 aliphatic rings. The van der Waals surface area contributed by atoms with Crippen LogP contribution in [0.15, 0.2) is 73.0 Å². The highest BCUT2D eigenvalue weighted by Crippen LogP contribution is 2.42. The summed E-state index contributed by atoms with van der Waals surface area (Å²) >= 11 is 0. The number of hydrogen-bond donors (Lipinski definition) is 1. The molecule has 11 heteroatoms. The van der Waals surface area contributed by atoms with Crippen LogP contribution in [0.1, 0.15) is 12.0 Å². The molecular formula is C25H21F3N4O3S. The molecular weight excluding hydrogens is 493 g/mol. The van der Waals surface area contributed by atoms with Crippen molar-refractivity contribution in [3.8, 4) is 28.1 Å². The van der Waals surface area contributed by atoms with Crippen molar-refractivity contribution in [1.29, 1.82) is 0 Å². The lowest BCUT2D eigenvalue weighted by Gasteiger charge is -2.38. The van der Waals surface area contributed by atoms with Gasteiger partial charge in [0.05, 0.1) is 34.5 Å². The zero-order valence-electron chi connectivity index (χ0n) is 18.9. The number of nitrogens with one attached hydrogen (secondary N) is 1. The van der Waals surface area contributed by atoms with E-state index in [9.17, 15) is 21.6 Å². The topological polar surface area (TPSA) is 88.2 Å². The molecule has 7 nitrogen and oxygen atoms in total. The SMILES string of the molecule is C=CS(=O)(=O)N1CC[C@H]1COc1cnccc1-c1[nH]c2cccnc2c1-c1cccc(C(F)(F)F)c1. The van der Waals surface area contributed by atoms with E-state index < -0.39 is 21.8 Å². The summed E-state index contributed by atoms with van der Waals surface area (Å²) in [5.41, 5.74) is 2.30. The number of alkyl halides is 3. The van der Waals surface area contributed by atoms with Crippen molar-refractivity contribution in [3.63, 3.8) is 0 Å². The molecule has 36 heavy (non-hydrogen) atoms. The Labute approximate surface area is 205 Å². The first kappa shape index (κ1) is 24.0. The monoisotopic (exact) mass is 514 g/mol. The van der Waals surface area contributed by atoms with Gasteiger partial charge in [-0.2, -0.15) is 17.5 Å². The molecule has 1 aromatic carbocycles. The van der Waals surface area contributed by atoms with Crippen molar-refractivity contribution in [3.05, 3.63) is 78.6 Å². The van der Waals surface area contributed by atoms with Gasteiger partial charge in [0.15, 0.2) is 0 Å². The molecule has 0 saturated carbocycles. The number of nitrogens with zero attached hydrogens (tertiary/aromatic N) is 3. The van der Waals surface area contributed by atoms with E-state index in [1.165, 1.54) is 16.6 Å². The largest absolute Gasteiger partial charge is 0.490 e. The minimum atomic E-state index is -4.50. The molecule has 1 saturated heterocycles. The Morgan fingerprint density at radius 3 is 2.75 bits per heavy atom. The molecule has 1 fully saturated rings. The molecule has 186 valence electrons. The van der Waals surface area contributed by atoms with Gasteiger partial charge in [0.25, 0.3) is 0 Å². The Morgan fingerprint density at radius 1 is 1.19 bits per heavy atom. The number of benzene rings is 1. The first-order valence-corrected chi connectivity index (χ1v) is 12.5. The van der Waals surface area contributed by atoms with Crippen LogP contribution < -0.4 is 4.74 Å². The van der Waals surface area contributed by atoms with Crippen molar-refractivity contribution in [1.82, 2.24) is 19.3 Å². The highest BCUT2D eigenvalue weighted by atomic mass is 32.2. The predicted octanol–water partition coefficient (Wildman–Crippen LogP) is 5.24. The third kappa shape index (κ3) is 4.35. The summed E-state index contributed by atoms with van der Waals surface area (Å²) in [5.74, 6) is 0.361. The van der Waals surface area contributed by atoms with Crippen molar-refractivity contribution in [2.75, 3.05) is 13.2 Å². The minimum Gasteiger partial charge on any atom is -0.490 e. The normalized spacial score (nSPS) is 16.6. The number of ether oxygens (including phenoxy) is 1. The Kier molecular flexibility index (Phi) is 6.05. The van der Waals surface area contributed by atoms with Crippen LogP contribution >= 0.6 is 0 Å². The van der Waals surface area contributed by atoms with Gasteiger partial charge < -0.3 is 9.72 Å². The molecule has 0 bridgehead atoms. The van der Waals surface area contributed by atoms with Crippen LogP contribution in [0.5, 0.6) is 5.75 Å². The van der Waals surface area contributed by atoms with Gasteiger partial charge in [-0.15, -0.1) is 0 Å². The third-order valence-corrected chi connectivity index (χ3v) is 7.70. The average molecular weight is 515 g/mol. The molecule has 1 aliphatic heterocycles. The van der Waals surface area contributed by atoms with Crippen molar-refractivity contribution < 1.29 is 26.3 Å². The summed E-state index contributed by atoms with van der Waals surface area (Å²) in [6.07, 6.45) is 0.756. The second-order valence-corrected chi connectivity index (χ2v) is 10.1. The summed E-state index contributed by atoms with van der Waals surface area (Å²) in [6.45, 7) is 3.83. The fourth-order valence-electron chi connectivity index (χ4n) is 4.26. The van der Waals surface area contributed by atoms with Crippen molar-refractivity contribution in [2.45, 2.75) is 18.6 Å². The highest BCUT2D eigenvalue weighted by molar-refractivity contribution is 7.92. The summed E-state index contributed by atoms with van der Waals surface area (Å²) in [6, 6.07) is 9.93. The molecule has 0 aliphatic carbocycles. The van der Waals surface area contributed by atoms with Crippen molar-refractivity contribution in [2.24, 2.45) is 0 Å². The fourth-order valence-corrected chi connectivity index (χ4v) is 5.39. The van der Waals surface area contributed by atoms with Gasteiger partial charge in [-0.3, -0.25) is 9.97 Å². The molecule has 3 aromatic heterocycles. The number of halogens is 3. The summed E-state index contributed by atoms with van der Waals surface area (Å²) in [4.78, 5) is 11.8. The summed E-state index contributed by atoms with van der Waals surface area (Å²) in [7, 11) is -3.56. The molecule has 5 rings (SSSR count). The fraction of sp³-hybridized carbons (Fsp3) is 0.200. The Morgan fingerprint density at radius 2 is 2.03 bits per heavy atom. The minimum absolute atomic E-state index is 0.0864. The molecule has 4 heterocycles. The number of rotatable bonds is 7. The van der Waals surface area contributed by atoms with Gasteiger partial charge in [-0.25, -0.2) is 8.42 Å². The van der Waals surface area contributed by atoms with Crippen LogP contribution in [0.2, 0.25) is 0 Å². The zero-order valence-corrected chi connectivity index (χ0v) is 19.7. The van der Waals surface area contributed by atoms with E-state index in [4.69, 9.17) is 4.74 Å². The van der Waals surface area contributed by atoms with E-state index in [1.54, 1.807) is 36.7 Å². The average Bonchev–Trinajstić information content (AvgIpc) is 3.22. The molecule has 4 aromatic rings. The van der Waals surface area contributed by atoms with Crippen LogP contribution in [-0.2, 0) is 16.2 Å². The molecule has 1 N–H and O–H groups in total. The highest BCUT2D eigenvalue weighted by Gasteiger charge is 2.36. The first-order chi connectivity index (χ1) is 17.2. The third-order valence-electron chi connectivity index (χ3n) is 6.15. The molecule has 0 unspecified atom stereocenters. The lowest BCUT2D eigenvalue weighted by Crippen LogP contribution is -2.53. The number of aromatic amines is 1. The Balaban J connectivity index is 1.56. The maximum absolute atomic E-state index is 13.5. The predicted molar refractivity (Wildman–Crippen MR) is 129 cm³/mol. The number of hydrogen-bond acceptors (Lipinski definition) is 5. The maximum Gasteiger partial charge on any atom is 0.416 e. The molecule has 0 radical (unpaired) electrons. The quantitative estimate of drug-likeness (QED) is 0.365. The number of pyridine rings is 2. The van der Waals surface area contributed by atoms with E-state index in [0.717, 1.165) is 17.5 Å². The zero-order chi connectivity index (χ0) is 25.5. The molecule has 0 spiro atoms. The van der Waals surface area contributed by atoms with Crippen LogP contribution in [0.3, 0.4) is 0 Å². The van der Waals surface area contributed by atoms with E-state index in [-0.39, 0.29) is 12.6 Å².